The first-order valence-corrected chi connectivity index (χ1v) is 23.1. The quantitative estimate of drug-likeness (QED) is 0.0790. The van der Waals surface area contributed by atoms with Gasteiger partial charge >= 0.3 is 0 Å². The van der Waals surface area contributed by atoms with Crippen molar-refractivity contribution in [3.63, 3.8) is 0 Å². The van der Waals surface area contributed by atoms with Gasteiger partial charge in [0.05, 0.1) is 56.3 Å². The number of benzene rings is 2. The van der Waals surface area contributed by atoms with E-state index in [0.717, 1.165) is 37.6 Å². The molecule has 0 aliphatic rings. The summed E-state index contributed by atoms with van der Waals surface area (Å²) in [7, 11) is -3.31. The molecule has 312 valence electrons. The lowest BCUT2D eigenvalue weighted by Crippen LogP contribution is -2.56. The van der Waals surface area contributed by atoms with Crippen molar-refractivity contribution < 1.29 is 17.9 Å². The van der Waals surface area contributed by atoms with E-state index in [2.05, 4.69) is 30.2 Å². The Morgan fingerprint density at radius 3 is 1.95 bits per heavy atom. The van der Waals surface area contributed by atoms with Crippen LogP contribution in [0.5, 0.6) is 5.75 Å². The number of nitrogens with one attached hydrogen (secondary N) is 1. The summed E-state index contributed by atoms with van der Waals surface area (Å²) < 4.78 is 34.6. The summed E-state index contributed by atoms with van der Waals surface area (Å²) in [5.74, 6) is -0.400. The van der Waals surface area contributed by atoms with Crippen LogP contribution in [-0.2, 0) is 33.4 Å². The maximum atomic E-state index is 14.7. The molecule has 2 aromatic carbocycles. The molecule has 1 amide bonds. The van der Waals surface area contributed by atoms with Gasteiger partial charge in [0.25, 0.3) is 11.6 Å². The van der Waals surface area contributed by atoms with E-state index >= 15 is 0 Å². The van der Waals surface area contributed by atoms with Crippen molar-refractivity contribution in [1.82, 2.24) is 49.3 Å². The molecule has 0 spiro atoms. The Kier molecular flexibility index (Phi) is 11.0. The molecule has 0 aliphatic heterocycles. The summed E-state index contributed by atoms with van der Waals surface area (Å²) >= 11 is 9.26. The van der Waals surface area contributed by atoms with Gasteiger partial charge in [-0.25, -0.2) is 43.3 Å². The molecule has 1 unspecified atom stereocenters. The predicted octanol–water partition coefficient (Wildman–Crippen LogP) is 6.44. The number of hydrogen-bond donors (Lipinski definition) is 3. The first-order chi connectivity index (χ1) is 30.0. The second-order valence-electron chi connectivity index (χ2n) is 14.2. The van der Waals surface area contributed by atoms with E-state index in [-0.39, 0.29) is 42.0 Å². The molecule has 0 aliphatic carbocycles. The van der Waals surface area contributed by atoms with E-state index in [1.165, 1.54) is 47.8 Å². The van der Waals surface area contributed by atoms with Gasteiger partial charge in [0.15, 0.2) is 10.9 Å². The molecule has 62 heavy (non-hydrogen) atoms. The van der Waals surface area contributed by atoms with Crippen LogP contribution in [0.15, 0.2) is 116 Å². The fourth-order valence-electron chi connectivity index (χ4n) is 7.00. The largest absolute Gasteiger partial charge is 0.454 e. The minimum atomic E-state index is -3.31. The third-order valence-electron chi connectivity index (χ3n) is 9.95. The van der Waals surface area contributed by atoms with E-state index in [1.54, 1.807) is 29.4 Å². The Labute approximate surface area is 367 Å². The monoisotopic (exact) mass is 902 g/mol. The van der Waals surface area contributed by atoms with Crippen LogP contribution in [0.3, 0.4) is 0 Å². The van der Waals surface area contributed by atoms with Gasteiger partial charge in [0.2, 0.25) is 0 Å². The second kappa shape index (κ2) is 16.7. The van der Waals surface area contributed by atoms with Gasteiger partial charge in [-0.1, -0.05) is 72.3 Å². The van der Waals surface area contributed by atoms with E-state index in [1.807, 2.05) is 77.4 Å². The van der Waals surface area contributed by atoms with Crippen LogP contribution in [0.25, 0.3) is 64.1 Å². The molecular formula is C42H35ClN12O4S3. The lowest BCUT2D eigenvalue weighted by atomic mass is 10.0. The molecule has 5 N–H and O–H groups in total. The zero-order chi connectivity index (χ0) is 43.0. The average molecular weight is 903 g/mol. The first kappa shape index (κ1) is 40.7. The fraction of sp³-hybridized carbons (Fsp3) is 0.143. The highest BCUT2D eigenvalue weighted by molar-refractivity contribution is 7.90. The van der Waals surface area contributed by atoms with E-state index in [0.29, 0.717) is 32.3 Å². The van der Waals surface area contributed by atoms with Crippen LogP contribution in [-0.4, -0.2) is 76.9 Å². The van der Waals surface area contributed by atoms with Gasteiger partial charge in [-0.15, -0.1) is 22.7 Å². The molecule has 0 radical (unpaired) electrons. The van der Waals surface area contributed by atoms with E-state index in [9.17, 15) is 13.2 Å². The maximum absolute atomic E-state index is 14.7. The summed E-state index contributed by atoms with van der Waals surface area (Å²) in [6.07, 6.45) is 8.76. The van der Waals surface area contributed by atoms with Gasteiger partial charge in [-0.3, -0.25) is 10.5 Å². The number of ether oxygens (including phenoxy) is 1. The van der Waals surface area contributed by atoms with Crippen molar-refractivity contribution in [3.05, 3.63) is 127 Å². The topological polar surface area (TPSA) is 225 Å². The Balaban J connectivity index is 1.08. The lowest BCUT2D eigenvalue weighted by molar-refractivity contribution is -0.137. The van der Waals surface area contributed by atoms with Crippen LogP contribution in [0.1, 0.15) is 5.69 Å². The number of amides is 1. The number of aryl methyl sites for hydroxylation is 1. The van der Waals surface area contributed by atoms with E-state index in [4.69, 9.17) is 37.8 Å². The standard InChI is InChI=1S/C42H35ClN12O4S3/c1-62(57,58)18-17-55-24-53-33(26-11-6-3-7-12-26)35(55)30-19-27-36(48-21-50-39(27)60-30)42(45,59-29-13-8-14-46-37(29)43)41(56)47-15-16-54-23-52-32(25-9-4-2-5-10-25)34(54)31-20-28-38(44)49-22-51-40(28)61-31/h2-14,19-24H,15-18,45H2,1H3,(H,47,56)(H2,44,49,51). The molecule has 7 aromatic heterocycles. The summed E-state index contributed by atoms with van der Waals surface area (Å²) in [6.45, 7) is 0.528. The first-order valence-electron chi connectivity index (χ1n) is 19.0. The Bertz CT molecular complexity index is 3210. The number of sulfone groups is 1. The molecule has 9 rings (SSSR count). The van der Waals surface area contributed by atoms with E-state index < -0.39 is 21.5 Å². The van der Waals surface area contributed by atoms with Crippen molar-refractivity contribution in [2.24, 2.45) is 5.73 Å². The van der Waals surface area contributed by atoms with Crippen LogP contribution >= 0.6 is 34.3 Å². The van der Waals surface area contributed by atoms with Crippen molar-refractivity contribution in [2.45, 2.75) is 18.8 Å². The maximum Gasteiger partial charge on any atom is 0.286 e. The number of nitrogen functional groups attached to an aromatic ring is 1. The molecule has 1 atom stereocenters. The SMILES string of the molecule is CS(=O)(=O)CCn1cnc(-c2ccccc2)c1-c1cc2c(C(N)(Oc3cccnc3Cl)C(=O)NCCn3cnc(-c4ccccc4)c3-c3cc4c(N)ncnc4s3)ncnc2s1. The molecule has 0 fully saturated rings. The van der Waals surface area contributed by atoms with Gasteiger partial charge < -0.3 is 24.9 Å². The Hall–Kier alpha value is -6.64. The number of nitrogens with zero attached hydrogens (tertiary/aromatic N) is 9. The lowest BCUT2D eigenvalue weighted by Gasteiger charge is -2.29. The van der Waals surface area contributed by atoms with Gasteiger partial charge in [-0.05, 0) is 24.3 Å². The number of hydrogen-bond acceptors (Lipinski definition) is 15. The molecule has 20 heteroatoms. The highest BCUT2D eigenvalue weighted by atomic mass is 35.5. The number of fused-ring (bicyclic) bond motifs is 2. The Morgan fingerprint density at radius 1 is 0.774 bits per heavy atom. The van der Waals surface area contributed by atoms with Gasteiger partial charge in [0.1, 0.15) is 43.7 Å². The normalized spacial score (nSPS) is 12.8. The van der Waals surface area contributed by atoms with Crippen LogP contribution in [0.4, 0.5) is 5.82 Å². The summed E-state index contributed by atoms with van der Waals surface area (Å²) in [5.41, 5.74) is 15.7. The number of pyridine rings is 1. The highest BCUT2D eigenvalue weighted by Gasteiger charge is 2.43. The molecule has 0 bridgehead atoms. The number of carbonyl (C=O) groups excluding carboxylic acids is 1. The number of imidazole rings is 2. The molecule has 7 heterocycles. The number of carbonyl (C=O) groups is 1. The van der Waals surface area contributed by atoms with Crippen molar-refractivity contribution in [3.8, 4) is 49.4 Å². The van der Waals surface area contributed by atoms with Gasteiger partial charge in [0, 0.05) is 48.6 Å². The van der Waals surface area contributed by atoms with Crippen LogP contribution in [0, 0.1) is 0 Å². The minimum absolute atomic E-state index is 0.0149. The molecule has 16 nitrogen and oxygen atoms in total. The van der Waals surface area contributed by atoms with Crippen molar-refractivity contribution in [2.75, 3.05) is 24.3 Å². The number of aromatic nitrogens is 9. The summed E-state index contributed by atoms with van der Waals surface area (Å²) in [6, 6.07) is 26.3. The number of thiophene rings is 2. The number of anilines is 1. The number of halogens is 1. The van der Waals surface area contributed by atoms with Crippen LogP contribution in [0.2, 0.25) is 5.15 Å². The molecule has 0 saturated heterocycles. The molecule has 9 aromatic rings. The fourth-order valence-corrected chi connectivity index (χ4v) is 9.82. The second-order valence-corrected chi connectivity index (χ2v) is 18.8. The third-order valence-corrected chi connectivity index (χ3v) is 13.3. The molecular weight excluding hydrogens is 868 g/mol. The zero-order valence-corrected chi connectivity index (χ0v) is 35.9. The predicted molar refractivity (Wildman–Crippen MR) is 241 cm³/mol. The minimum Gasteiger partial charge on any atom is -0.454 e. The molecule has 0 saturated carbocycles. The van der Waals surface area contributed by atoms with Crippen LogP contribution < -0.4 is 21.5 Å². The van der Waals surface area contributed by atoms with Crippen molar-refractivity contribution in [1.29, 1.82) is 0 Å². The smallest absolute Gasteiger partial charge is 0.286 e. The zero-order valence-electron chi connectivity index (χ0n) is 32.7. The summed E-state index contributed by atoms with van der Waals surface area (Å²) in [5, 5.41) is 4.12. The summed E-state index contributed by atoms with van der Waals surface area (Å²) in [4.78, 5) is 48.8. The third kappa shape index (κ3) is 7.98. The Morgan fingerprint density at radius 2 is 1.35 bits per heavy atom. The number of nitrogens with two attached hydrogens (primary N) is 2. The van der Waals surface area contributed by atoms with Crippen molar-refractivity contribution >= 4 is 76.3 Å². The highest BCUT2D eigenvalue weighted by Crippen LogP contribution is 2.42. The average Bonchev–Trinajstić information content (AvgIpc) is 4.09. The number of rotatable bonds is 14. The van der Waals surface area contributed by atoms with Gasteiger partial charge in [-0.2, -0.15) is 0 Å².